The minimum absolute atomic E-state index is 0.103. The molecule has 1 atom stereocenters. The molecule has 0 aliphatic carbocycles. The number of hydrogen-bond donors (Lipinski definition) is 2. The highest BCUT2D eigenvalue weighted by atomic mass is 16.5. The number of aliphatic hydroxyl groups is 1. The van der Waals surface area contributed by atoms with Crippen LogP contribution in [0.4, 0.5) is 0 Å². The van der Waals surface area contributed by atoms with Crippen LogP contribution in [0.5, 0.6) is 0 Å². The van der Waals surface area contributed by atoms with Crippen molar-refractivity contribution in [2.24, 2.45) is 5.92 Å². The van der Waals surface area contributed by atoms with Crippen molar-refractivity contribution in [2.45, 2.75) is 13.3 Å². The van der Waals surface area contributed by atoms with Gasteiger partial charge in [0.15, 0.2) is 0 Å². The highest BCUT2D eigenvalue weighted by Gasteiger charge is 2.03. The molecule has 4 heteroatoms. The lowest BCUT2D eigenvalue weighted by Crippen LogP contribution is -2.31. The lowest BCUT2D eigenvalue weighted by atomic mass is 10.1. The van der Waals surface area contributed by atoms with E-state index in [9.17, 15) is 4.79 Å². The number of aliphatic hydroxyl groups excluding tert-OH is 1. The zero-order chi connectivity index (χ0) is 9.40. The maximum Gasteiger partial charge on any atom is 0.245 e. The Balaban J connectivity index is 3.33. The fraction of sp³-hybridized carbons (Fsp3) is 0.875. The SMILES string of the molecule is COCC(=O)NCC(C)CCO. The van der Waals surface area contributed by atoms with E-state index in [1.54, 1.807) is 0 Å². The summed E-state index contributed by atoms with van der Waals surface area (Å²) in [6, 6.07) is 0. The molecule has 0 fully saturated rings. The first kappa shape index (κ1) is 11.4. The molecular weight excluding hydrogens is 158 g/mol. The molecule has 0 saturated carbocycles. The predicted octanol–water partition coefficient (Wildman–Crippen LogP) is -0.233. The minimum Gasteiger partial charge on any atom is -0.396 e. The van der Waals surface area contributed by atoms with Crippen LogP contribution in [0.25, 0.3) is 0 Å². The molecule has 72 valence electrons. The molecule has 0 aromatic rings. The molecule has 0 radical (unpaired) electrons. The number of amides is 1. The molecule has 4 nitrogen and oxygen atoms in total. The van der Waals surface area contributed by atoms with E-state index in [1.807, 2.05) is 6.92 Å². The smallest absolute Gasteiger partial charge is 0.245 e. The quantitative estimate of drug-likeness (QED) is 0.586. The first-order valence-corrected chi connectivity index (χ1v) is 4.07. The van der Waals surface area contributed by atoms with Gasteiger partial charge in [0.25, 0.3) is 0 Å². The Morgan fingerprint density at radius 1 is 1.67 bits per heavy atom. The summed E-state index contributed by atoms with van der Waals surface area (Å²) in [5, 5.41) is 11.3. The van der Waals surface area contributed by atoms with Gasteiger partial charge in [-0.1, -0.05) is 6.92 Å². The Morgan fingerprint density at radius 3 is 2.83 bits per heavy atom. The molecule has 0 aliphatic rings. The van der Waals surface area contributed by atoms with E-state index in [1.165, 1.54) is 7.11 Å². The van der Waals surface area contributed by atoms with Crippen LogP contribution in [0.15, 0.2) is 0 Å². The van der Waals surface area contributed by atoms with E-state index in [4.69, 9.17) is 5.11 Å². The second-order valence-electron chi connectivity index (χ2n) is 2.85. The van der Waals surface area contributed by atoms with E-state index in [2.05, 4.69) is 10.1 Å². The fourth-order valence-electron chi connectivity index (χ4n) is 0.793. The van der Waals surface area contributed by atoms with Gasteiger partial charge in [-0.15, -0.1) is 0 Å². The third-order valence-electron chi connectivity index (χ3n) is 1.55. The van der Waals surface area contributed by atoms with Gasteiger partial charge < -0.3 is 15.2 Å². The van der Waals surface area contributed by atoms with Crippen LogP contribution in [0, 0.1) is 5.92 Å². The maximum atomic E-state index is 10.9. The summed E-state index contributed by atoms with van der Waals surface area (Å²) in [5.74, 6) is 0.207. The van der Waals surface area contributed by atoms with E-state index in [0.29, 0.717) is 18.9 Å². The molecule has 0 spiro atoms. The molecule has 0 saturated heterocycles. The van der Waals surface area contributed by atoms with Crippen LogP contribution in [-0.4, -0.2) is 37.9 Å². The number of carbonyl (C=O) groups is 1. The number of methoxy groups -OCH3 is 1. The molecule has 0 rings (SSSR count). The first-order valence-electron chi connectivity index (χ1n) is 4.07. The van der Waals surface area contributed by atoms with Gasteiger partial charge in [-0.05, 0) is 12.3 Å². The number of carbonyl (C=O) groups excluding carboxylic acids is 1. The van der Waals surface area contributed by atoms with E-state index >= 15 is 0 Å². The molecule has 0 aromatic heterocycles. The van der Waals surface area contributed by atoms with Gasteiger partial charge in [-0.25, -0.2) is 0 Å². The fourth-order valence-corrected chi connectivity index (χ4v) is 0.793. The summed E-state index contributed by atoms with van der Waals surface area (Å²) in [6.07, 6.45) is 0.716. The molecule has 0 aromatic carbocycles. The van der Waals surface area contributed by atoms with E-state index in [0.717, 1.165) is 0 Å². The van der Waals surface area contributed by atoms with Gasteiger partial charge in [-0.3, -0.25) is 4.79 Å². The Bertz CT molecular complexity index is 127. The van der Waals surface area contributed by atoms with Gasteiger partial charge >= 0.3 is 0 Å². The Hall–Kier alpha value is -0.610. The van der Waals surface area contributed by atoms with Crippen molar-refractivity contribution in [1.29, 1.82) is 0 Å². The van der Waals surface area contributed by atoms with Crippen LogP contribution in [0.1, 0.15) is 13.3 Å². The van der Waals surface area contributed by atoms with Gasteiger partial charge in [0.05, 0.1) is 0 Å². The largest absolute Gasteiger partial charge is 0.396 e. The van der Waals surface area contributed by atoms with Crippen molar-refractivity contribution in [3.05, 3.63) is 0 Å². The van der Waals surface area contributed by atoms with Crippen molar-refractivity contribution in [2.75, 3.05) is 26.9 Å². The third-order valence-corrected chi connectivity index (χ3v) is 1.55. The van der Waals surface area contributed by atoms with Crippen molar-refractivity contribution < 1.29 is 14.6 Å². The molecular formula is C8H17NO3. The first-order chi connectivity index (χ1) is 5.70. The Labute approximate surface area is 72.9 Å². The van der Waals surface area contributed by atoms with E-state index < -0.39 is 0 Å². The van der Waals surface area contributed by atoms with Crippen LogP contribution >= 0.6 is 0 Å². The standard InChI is InChI=1S/C8H17NO3/c1-7(3-4-10)5-9-8(11)6-12-2/h7,10H,3-6H2,1-2H3,(H,9,11). The predicted molar refractivity (Wildman–Crippen MR) is 45.8 cm³/mol. The third kappa shape index (κ3) is 6.12. The molecule has 12 heavy (non-hydrogen) atoms. The normalized spacial score (nSPS) is 12.6. The van der Waals surface area contributed by atoms with Crippen LogP contribution in [-0.2, 0) is 9.53 Å². The topological polar surface area (TPSA) is 58.6 Å². The van der Waals surface area contributed by atoms with Crippen LogP contribution in [0.2, 0.25) is 0 Å². The Kier molecular flexibility index (Phi) is 6.70. The van der Waals surface area contributed by atoms with Crippen LogP contribution < -0.4 is 5.32 Å². The lowest BCUT2D eigenvalue weighted by Gasteiger charge is -2.10. The van der Waals surface area contributed by atoms with Crippen molar-refractivity contribution in [3.63, 3.8) is 0 Å². The maximum absolute atomic E-state index is 10.9. The minimum atomic E-state index is -0.109. The Morgan fingerprint density at radius 2 is 2.33 bits per heavy atom. The zero-order valence-corrected chi connectivity index (χ0v) is 7.67. The van der Waals surface area contributed by atoms with Crippen molar-refractivity contribution in [3.8, 4) is 0 Å². The monoisotopic (exact) mass is 175 g/mol. The zero-order valence-electron chi connectivity index (χ0n) is 7.67. The lowest BCUT2D eigenvalue weighted by molar-refractivity contribution is -0.124. The number of ether oxygens (including phenoxy) is 1. The molecule has 0 aliphatic heterocycles. The molecule has 0 bridgehead atoms. The van der Waals surface area contributed by atoms with Crippen molar-refractivity contribution in [1.82, 2.24) is 5.32 Å². The summed E-state index contributed by atoms with van der Waals surface area (Å²) >= 11 is 0. The molecule has 1 amide bonds. The average Bonchev–Trinajstić information content (AvgIpc) is 2.02. The summed E-state index contributed by atoms with van der Waals surface area (Å²) in [6.45, 7) is 2.85. The van der Waals surface area contributed by atoms with Gasteiger partial charge in [-0.2, -0.15) is 0 Å². The second kappa shape index (κ2) is 7.06. The highest BCUT2D eigenvalue weighted by molar-refractivity contribution is 5.77. The van der Waals surface area contributed by atoms with Gasteiger partial charge in [0.2, 0.25) is 5.91 Å². The van der Waals surface area contributed by atoms with Gasteiger partial charge in [0.1, 0.15) is 6.61 Å². The number of hydrogen-bond acceptors (Lipinski definition) is 3. The van der Waals surface area contributed by atoms with Gasteiger partial charge in [0, 0.05) is 20.3 Å². The highest BCUT2D eigenvalue weighted by Crippen LogP contribution is 1.97. The average molecular weight is 175 g/mol. The molecule has 0 heterocycles. The summed E-state index contributed by atoms with van der Waals surface area (Å²) < 4.78 is 4.63. The molecule has 2 N–H and O–H groups in total. The second-order valence-corrected chi connectivity index (χ2v) is 2.85. The summed E-state index contributed by atoms with van der Waals surface area (Å²) in [7, 11) is 1.48. The summed E-state index contributed by atoms with van der Waals surface area (Å²) in [5.41, 5.74) is 0. The van der Waals surface area contributed by atoms with E-state index in [-0.39, 0.29) is 19.1 Å². The van der Waals surface area contributed by atoms with Crippen LogP contribution in [0.3, 0.4) is 0 Å². The number of rotatable bonds is 6. The summed E-state index contributed by atoms with van der Waals surface area (Å²) in [4.78, 5) is 10.9. The number of nitrogens with one attached hydrogen (secondary N) is 1. The van der Waals surface area contributed by atoms with Crippen molar-refractivity contribution >= 4 is 5.91 Å². The molecule has 1 unspecified atom stereocenters.